The lowest BCUT2D eigenvalue weighted by Gasteiger charge is -2.36. The number of likely N-dealkylation sites (tertiary alicyclic amines) is 1. The van der Waals surface area contributed by atoms with Crippen LogP contribution in [0.15, 0.2) is 24.3 Å². The predicted molar refractivity (Wildman–Crippen MR) is 125 cm³/mol. The molecule has 0 saturated carbocycles. The highest BCUT2D eigenvalue weighted by Crippen LogP contribution is 2.27. The number of hydrogen-bond acceptors (Lipinski definition) is 5. The van der Waals surface area contributed by atoms with Gasteiger partial charge in [0.05, 0.1) is 23.8 Å². The summed E-state index contributed by atoms with van der Waals surface area (Å²) in [6, 6.07) is 6.97. The molecule has 1 fully saturated rings. The molecule has 0 aliphatic carbocycles. The monoisotopic (exact) mass is 456 g/mol. The standard InChI is InChI=1S/C25H36N4O4/c1-7-15(2)22(31)28-21(25(4,5)6)24(33)29-14-19(30)12-20(29)23(32)27-16(3)18-10-8-17(13-26)9-11-18/h8-11,15-16,19-21,30H,7,12,14H2,1-6H3,(H,27,32)(H,28,31). The van der Waals surface area contributed by atoms with E-state index in [2.05, 4.69) is 16.7 Å². The van der Waals surface area contributed by atoms with Crippen molar-refractivity contribution in [2.75, 3.05) is 6.54 Å². The molecule has 5 unspecified atom stereocenters. The SMILES string of the molecule is CCC(C)C(=O)NC(C(=O)N1CC(O)CC1C(=O)NC(C)c1ccc(C#N)cc1)C(C)(C)C. The number of carbonyl (C=O) groups excluding carboxylic acids is 3. The third kappa shape index (κ3) is 6.55. The summed E-state index contributed by atoms with van der Waals surface area (Å²) in [4.78, 5) is 40.6. The van der Waals surface area contributed by atoms with E-state index >= 15 is 0 Å². The minimum Gasteiger partial charge on any atom is -0.391 e. The van der Waals surface area contributed by atoms with Crippen LogP contribution in [0.25, 0.3) is 0 Å². The topological polar surface area (TPSA) is 123 Å². The fraction of sp³-hybridized carbons (Fsp3) is 0.600. The first-order chi connectivity index (χ1) is 15.4. The zero-order valence-electron chi connectivity index (χ0n) is 20.4. The Morgan fingerprint density at radius 1 is 1.18 bits per heavy atom. The maximum absolute atomic E-state index is 13.5. The van der Waals surface area contributed by atoms with Gasteiger partial charge in [-0.15, -0.1) is 0 Å². The maximum atomic E-state index is 13.5. The average molecular weight is 457 g/mol. The van der Waals surface area contributed by atoms with Crippen molar-refractivity contribution in [2.45, 2.75) is 78.6 Å². The van der Waals surface area contributed by atoms with Crippen LogP contribution in [0.4, 0.5) is 0 Å². The minimum atomic E-state index is -0.835. The molecular weight excluding hydrogens is 420 g/mol. The van der Waals surface area contributed by atoms with Crippen molar-refractivity contribution in [1.29, 1.82) is 5.26 Å². The van der Waals surface area contributed by atoms with Crippen molar-refractivity contribution in [3.05, 3.63) is 35.4 Å². The quantitative estimate of drug-likeness (QED) is 0.581. The number of benzene rings is 1. The van der Waals surface area contributed by atoms with E-state index in [-0.39, 0.29) is 42.6 Å². The number of aliphatic hydroxyl groups is 1. The van der Waals surface area contributed by atoms with Crippen molar-refractivity contribution in [3.63, 3.8) is 0 Å². The third-order valence-electron chi connectivity index (χ3n) is 6.22. The summed E-state index contributed by atoms with van der Waals surface area (Å²) < 4.78 is 0. The zero-order valence-corrected chi connectivity index (χ0v) is 20.4. The minimum absolute atomic E-state index is 0.0357. The molecular formula is C25H36N4O4. The molecule has 1 aliphatic rings. The van der Waals surface area contributed by atoms with Gasteiger partial charge in [0.1, 0.15) is 12.1 Å². The maximum Gasteiger partial charge on any atom is 0.246 e. The van der Waals surface area contributed by atoms with Gasteiger partial charge >= 0.3 is 0 Å². The fourth-order valence-electron chi connectivity index (χ4n) is 3.83. The largest absolute Gasteiger partial charge is 0.391 e. The molecule has 33 heavy (non-hydrogen) atoms. The molecule has 0 radical (unpaired) electrons. The second kappa shape index (κ2) is 10.8. The van der Waals surface area contributed by atoms with Crippen molar-refractivity contribution < 1.29 is 19.5 Å². The van der Waals surface area contributed by atoms with Gasteiger partial charge in [-0.1, -0.05) is 46.8 Å². The van der Waals surface area contributed by atoms with E-state index in [9.17, 15) is 19.5 Å². The summed E-state index contributed by atoms with van der Waals surface area (Å²) in [5.41, 5.74) is 0.776. The lowest BCUT2D eigenvalue weighted by atomic mass is 9.85. The second-order valence-corrected chi connectivity index (χ2v) is 9.98. The highest BCUT2D eigenvalue weighted by atomic mass is 16.3. The summed E-state index contributed by atoms with van der Waals surface area (Å²) in [7, 11) is 0. The lowest BCUT2D eigenvalue weighted by Crippen LogP contribution is -2.58. The summed E-state index contributed by atoms with van der Waals surface area (Å²) in [5.74, 6) is -1.18. The second-order valence-electron chi connectivity index (χ2n) is 9.98. The number of hydrogen-bond donors (Lipinski definition) is 3. The molecule has 0 aromatic heterocycles. The first kappa shape index (κ1) is 26.3. The summed E-state index contributed by atoms with van der Waals surface area (Å²) in [5, 5.41) is 25.0. The van der Waals surface area contributed by atoms with Crippen molar-refractivity contribution >= 4 is 17.7 Å². The van der Waals surface area contributed by atoms with Gasteiger partial charge in [-0.2, -0.15) is 5.26 Å². The van der Waals surface area contributed by atoms with Crippen LogP contribution < -0.4 is 10.6 Å². The van der Waals surface area contributed by atoms with E-state index in [1.165, 1.54) is 4.90 Å². The van der Waals surface area contributed by atoms with Gasteiger partial charge in [-0.25, -0.2) is 0 Å². The van der Waals surface area contributed by atoms with Crippen molar-refractivity contribution in [1.82, 2.24) is 15.5 Å². The molecule has 180 valence electrons. The molecule has 2 rings (SSSR count). The molecule has 1 aromatic carbocycles. The Labute approximate surface area is 196 Å². The Kier molecular flexibility index (Phi) is 8.62. The molecule has 1 heterocycles. The highest BCUT2D eigenvalue weighted by Gasteiger charge is 2.44. The molecule has 0 bridgehead atoms. The van der Waals surface area contributed by atoms with Gasteiger partial charge in [0, 0.05) is 18.9 Å². The van der Waals surface area contributed by atoms with Crippen molar-refractivity contribution in [3.8, 4) is 6.07 Å². The van der Waals surface area contributed by atoms with E-state index in [0.717, 1.165) is 5.56 Å². The number of nitriles is 1. The molecule has 1 aromatic rings. The van der Waals surface area contributed by atoms with Gasteiger partial charge in [-0.05, 0) is 36.5 Å². The number of rotatable bonds is 7. The van der Waals surface area contributed by atoms with Crippen LogP contribution in [-0.4, -0.2) is 52.5 Å². The molecule has 0 spiro atoms. The number of carbonyl (C=O) groups is 3. The van der Waals surface area contributed by atoms with Crippen LogP contribution in [0.3, 0.4) is 0 Å². The summed E-state index contributed by atoms with van der Waals surface area (Å²) in [6.45, 7) is 11.2. The molecule has 3 N–H and O–H groups in total. The van der Waals surface area contributed by atoms with Crippen molar-refractivity contribution in [2.24, 2.45) is 11.3 Å². The zero-order chi connectivity index (χ0) is 24.9. The molecule has 3 amide bonds. The van der Waals surface area contributed by atoms with Gasteiger partial charge in [0.25, 0.3) is 0 Å². The van der Waals surface area contributed by atoms with Crippen LogP contribution in [0.5, 0.6) is 0 Å². The van der Waals surface area contributed by atoms with E-state index in [1.807, 2.05) is 34.6 Å². The number of aliphatic hydroxyl groups excluding tert-OH is 1. The van der Waals surface area contributed by atoms with E-state index < -0.39 is 23.6 Å². The molecule has 1 saturated heterocycles. The predicted octanol–water partition coefficient (Wildman–Crippen LogP) is 2.27. The van der Waals surface area contributed by atoms with Crippen LogP contribution >= 0.6 is 0 Å². The Balaban J connectivity index is 2.19. The lowest BCUT2D eigenvalue weighted by molar-refractivity contribution is -0.144. The van der Waals surface area contributed by atoms with Gasteiger partial charge in [0.2, 0.25) is 17.7 Å². The summed E-state index contributed by atoms with van der Waals surface area (Å²) >= 11 is 0. The van der Waals surface area contributed by atoms with E-state index in [1.54, 1.807) is 31.2 Å². The van der Waals surface area contributed by atoms with E-state index in [4.69, 9.17) is 5.26 Å². The van der Waals surface area contributed by atoms with Gasteiger partial charge in [0.15, 0.2) is 0 Å². The van der Waals surface area contributed by atoms with E-state index in [0.29, 0.717) is 12.0 Å². The average Bonchev–Trinajstić information content (AvgIpc) is 3.17. The van der Waals surface area contributed by atoms with Crippen LogP contribution in [-0.2, 0) is 14.4 Å². The number of nitrogens with zero attached hydrogens (tertiary/aromatic N) is 2. The summed E-state index contributed by atoms with van der Waals surface area (Å²) in [6.07, 6.45) is -0.0355. The molecule has 5 atom stereocenters. The van der Waals surface area contributed by atoms with Gasteiger partial charge in [-0.3, -0.25) is 14.4 Å². The van der Waals surface area contributed by atoms with Gasteiger partial charge < -0.3 is 20.6 Å². The first-order valence-corrected chi connectivity index (χ1v) is 11.5. The fourth-order valence-corrected chi connectivity index (χ4v) is 3.83. The number of nitrogens with one attached hydrogen (secondary N) is 2. The number of β-amino-alcohol motifs (C(OH)–C–C–N with tert-alkyl or cyclic N) is 1. The Hall–Kier alpha value is -2.92. The third-order valence-corrected chi connectivity index (χ3v) is 6.22. The smallest absolute Gasteiger partial charge is 0.246 e. The normalized spacial score (nSPS) is 21.0. The van der Waals surface area contributed by atoms with Crippen LogP contribution in [0.2, 0.25) is 0 Å². The van der Waals surface area contributed by atoms with Crippen LogP contribution in [0.1, 0.15) is 71.6 Å². The Morgan fingerprint density at radius 3 is 2.30 bits per heavy atom. The molecule has 1 aliphatic heterocycles. The number of amides is 3. The van der Waals surface area contributed by atoms with Crippen LogP contribution in [0, 0.1) is 22.7 Å². The Morgan fingerprint density at radius 2 is 1.79 bits per heavy atom. The first-order valence-electron chi connectivity index (χ1n) is 11.5. The molecule has 8 heteroatoms. The molecule has 8 nitrogen and oxygen atoms in total. The highest BCUT2D eigenvalue weighted by molar-refractivity contribution is 5.93. The Bertz CT molecular complexity index is 900.